The molecule has 0 amide bonds. The van der Waals surface area contributed by atoms with Crippen LogP contribution in [-0.4, -0.2) is 0 Å². The molecule has 0 fully saturated rings. The summed E-state index contributed by atoms with van der Waals surface area (Å²) in [5.74, 6) is 0. The fourth-order valence-electron chi connectivity index (χ4n) is 9.64. The van der Waals surface area contributed by atoms with Crippen molar-refractivity contribution in [3.63, 3.8) is 0 Å². The average Bonchev–Trinajstić information content (AvgIpc) is 3.90. The molecule has 58 heavy (non-hydrogen) atoms. The highest BCUT2D eigenvalue weighted by atomic mass is 16.3. The molecule has 0 radical (unpaired) electrons. The van der Waals surface area contributed by atoms with Crippen molar-refractivity contribution in [2.45, 2.75) is 19.3 Å². The van der Waals surface area contributed by atoms with Gasteiger partial charge in [0.2, 0.25) is 0 Å². The molecule has 274 valence electrons. The SMILES string of the molecule is CC1(C)c2ccccc2-c2c(N(c3ccc(-c4cccc5c4oc4ccccc45)cc3)c3ccccc3-c3ccc4oc5cc6ccccc6cc5c4c3)cccc21. The Morgan fingerprint density at radius 2 is 1.02 bits per heavy atom. The first kappa shape index (κ1) is 32.8. The molecule has 3 nitrogen and oxygen atoms in total. The third-order valence-corrected chi connectivity index (χ3v) is 12.5. The lowest BCUT2D eigenvalue weighted by Gasteiger charge is -2.30. The number of furan rings is 2. The second-order valence-corrected chi connectivity index (χ2v) is 16.1. The van der Waals surface area contributed by atoms with E-state index in [1.807, 2.05) is 12.1 Å². The van der Waals surface area contributed by atoms with E-state index in [0.29, 0.717) is 0 Å². The van der Waals surface area contributed by atoms with Gasteiger partial charge in [0.15, 0.2) is 0 Å². The molecule has 1 aliphatic carbocycles. The van der Waals surface area contributed by atoms with E-state index in [2.05, 4.69) is 195 Å². The molecule has 0 atom stereocenters. The summed E-state index contributed by atoms with van der Waals surface area (Å²) in [5.41, 5.74) is 16.5. The molecule has 0 unspecified atom stereocenters. The lowest BCUT2D eigenvalue weighted by atomic mass is 9.82. The van der Waals surface area contributed by atoms with Gasteiger partial charge >= 0.3 is 0 Å². The summed E-state index contributed by atoms with van der Waals surface area (Å²) in [6.45, 7) is 4.70. The number of para-hydroxylation sites is 3. The van der Waals surface area contributed by atoms with Crippen molar-refractivity contribution in [1.29, 1.82) is 0 Å². The smallest absolute Gasteiger partial charge is 0.143 e. The molecule has 0 saturated carbocycles. The molecule has 9 aromatic carbocycles. The zero-order valence-corrected chi connectivity index (χ0v) is 32.2. The van der Waals surface area contributed by atoms with Crippen molar-refractivity contribution in [1.82, 2.24) is 0 Å². The molecule has 0 aliphatic heterocycles. The molecule has 2 heterocycles. The molecule has 12 rings (SSSR count). The van der Waals surface area contributed by atoms with Crippen molar-refractivity contribution >= 4 is 71.7 Å². The van der Waals surface area contributed by atoms with E-state index in [4.69, 9.17) is 8.83 Å². The summed E-state index contributed by atoms with van der Waals surface area (Å²) in [7, 11) is 0. The first-order valence-corrected chi connectivity index (χ1v) is 20.0. The summed E-state index contributed by atoms with van der Waals surface area (Å²) in [6.07, 6.45) is 0. The van der Waals surface area contributed by atoms with E-state index in [0.717, 1.165) is 83.2 Å². The molecule has 0 N–H and O–H groups in total. The standard InChI is InChI=1S/C55H37NO2/c1-55(2)46-20-8-5-17-43(46)53-47(55)21-12-23-49(53)56(38-28-25-34(26-29-38)40-18-11-19-42-41-16-7-10-24-50(41)58-54(40)42)48-22-9-6-15-39(48)37-27-30-51-44(32-37)45-31-35-13-3-4-14-36(35)33-52(45)57-51/h3-33H,1-2H3. The second-order valence-electron chi connectivity index (χ2n) is 16.1. The molecular weight excluding hydrogens is 707 g/mol. The Morgan fingerprint density at radius 1 is 0.397 bits per heavy atom. The van der Waals surface area contributed by atoms with Crippen LogP contribution in [-0.2, 0) is 5.41 Å². The van der Waals surface area contributed by atoms with Crippen LogP contribution in [0.25, 0.3) is 88.0 Å². The maximum Gasteiger partial charge on any atom is 0.143 e. The zero-order valence-electron chi connectivity index (χ0n) is 32.2. The maximum absolute atomic E-state index is 6.48. The van der Waals surface area contributed by atoms with Gasteiger partial charge in [-0.25, -0.2) is 0 Å². The lowest BCUT2D eigenvalue weighted by molar-refractivity contribution is 0.660. The molecule has 2 aromatic heterocycles. The summed E-state index contributed by atoms with van der Waals surface area (Å²) >= 11 is 0. The Kier molecular flexibility index (Phi) is 6.98. The molecule has 0 bridgehead atoms. The molecule has 0 saturated heterocycles. The fourth-order valence-corrected chi connectivity index (χ4v) is 9.64. The van der Waals surface area contributed by atoms with Crippen molar-refractivity contribution in [3.05, 3.63) is 199 Å². The quantitative estimate of drug-likeness (QED) is 0.176. The molecule has 1 aliphatic rings. The number of rotatable bonds is 5. The number of fused-ring (bicyclic) bond motifs is 10. The highest BCUT2D eigenvalue weighted by molar-refractivity contribution is 6.12. The van der Waals surface area contributed by atoms with Crippen LogP contribution in [0.15, 0.2) is 197 Å². The van der Waals surface area contributed by atoms with Crippen LogP contribution in [0, 0.1) is 0 Å². The number of nitrogens with zero attached hydrogens (tertiary/aromatic N) is 1. The van der Waals surface area contributed by atoms with Crippen LogP contribution in [0.4, 0.5) is 17.1 Å². The molecule has 11 aromatic rings. The normalized spacial score (nSPS) is 13.1. The van der Waals surface area contributed by atoms with Gasteiger partial charge in [-0.2, -0.15) is 0 Å². The first-order valence-electron chi connectivity index (χ1n) is 20.0. The lowest BCUT2D eigenvalue weighted by Crippen LogP contribution is -2.16. The van der Waals surface area contributed by atoms with Crippen LogP contribution in [0.3, 0.4) is 0 Å². The Morgan fingerprint density at radius 3 is 1.90 bits per heavy atom. The number of hydrogen-bond donors (Lipinski definition) is 0. The largest absolute Gasteiger partial charge is 0.456 e. The second kappa shape index (κ2) is 12.3. The predicted molar refractivity (Wildman–Crippen MR) is 242 cm³/mol. The van der Waals surface area contributed by atoms with Crippen molar-refractivity contribution in [3.8, 4) is 33.4 Å². The van der Waals surface area contributed by atoms with Crippen LogP contribution in [0.2, 0.25) is 0 Å². The van der Waals surface area contributed by atoms with E-state index < -0.39 is 0 Å². The third kappa shape index (κ3) is 4.80. The minimum absolute atomic E-state index is 0.139. The van der Waals surface area contributed by atoms with Gasteiger partial charge in [-0.05, 0) is 93.2 Å². The number of benzene rings is 9. The van der Waals surface area contributed by atoms with Crippen molar-refractivity contribution in [2.75, 3.05) is 4.90 Å². The minimum atomic E-state index is -0.139. The van der Waals surface area contributed by atoms with E-state index in [9.17, 15) is 0 Å². The highest BCUT2D eigenvalue weighted by Crippen LogP contribution is 2.55. The van der Waals surface area contributed by atoms with Gasteiger partial charge < -0.3 is 13.7 Å². The Hall–Kier alpha value is -7.36. The minimum Gasteiger partial charge on any atom is -0.456 e. The topological polar surface area (TPSA) is 29.5 Å². The van der Waals surface area contributed by atoms with Gasteiger partial charge in [0.05, 0.1) is 11.4 Å². The van der Waals surface area contributed by atoms with Crippen LogP contribution < -0.4 is 4.90 Å². The van der Waals surface area contributed by atoms with E-state index in [1.54, 1.807) is 0 Å². The molecule has 0 spiro atoms. The Labute approximate surface area is 336 Å². The molecule has 3 heteroatoms. The predicted octanol–water partition coefficient (Wildman–Crippen LogP) is 15.7. The molecular formula is C55H37NO2. The maximum atomic E-state index is 6.48. The van der Waals surface area contributed by atoms with Crippen LogP contribution in [0.1, 0.15) is 25.0 Å². The Balaban J connectivity index is 1.07. The summed E-state index contributed by atoms with van der Waals surface area (Å²) in [6, 6.07) is 67.8. The van der Waals surface area contributed by atoms with Crippen LogP contribution >= 0.6 is 0 Å². The Bertz CT molecular complexity index is 3440. The van der Waals surface area contributed by atoms with E-state index >= 15 is 0 Å². The summed E-state index contributed by atoms with van der Waals surface area (Å²) in [5, 5.41) is 6.88. The van der Waals surface area contributed by atoms with Gasteiger partial charge in [0.1, 0.15) is 22.3 Å². The summed E-state index contributed by atoms with van der Waals surface area (Å²) in [4.78, 5) is 2.46. The number of anilines is 3. The van der Waals surface area contributed by atoms with Gasteiger partial charge in [-0.1, -0.05) is 147 Å². The van der Waals surface area contributed by atoms with E-state index in [1.165, 1.54) is 33.0 Å². The summed E-state index contributed by atoms with van der Waals surface area (Å²) < 4.78 is 12.9. The van der Waals surface area contributed by atoms with Gasteiger partial charge in [0, 0.05) is 49.3 Å². The fraction of sp³-hybridized carbons (Fsp3) is 0.0545. The average molecular weight is 744 g/mol. The van der Waals surface area contributed by atoms with E-state index in [-0.39, 0.29) is 5.41 Å². The van der Waals surface area contributed by atoms with Crippen LogP contribution in [0.5, 0.6) is 0 Å². The van der Waals surface area contributed by atoms with Crippen molar-refractivity contribution < 1.29 is 8.83 Å². The van der Waals surface area contributed by atoms with Gasteiger partial charge in [0.25, 0.3) is 0 Å². The van der Waals surface area contributed by atoms with Gasteiger partial charge in [-0.15, -0.1) is 0 Å². The third-order valence-electron chi connectivity index (χ3n) is 12.5. The highest BCUT2D eigenvalue weighted by Gasteiger charge is 2.38. The van der Waals surface area contributed by atoms with Crippen molar-refractivity contribution in [2.24, 2.45) is 0 Å². The number of hydrogen-bond acceptors (Lipinski definition) is 3. The zero-order chi connectivity index (χ0) is 38.5. The van der Waals surface area contributed by atoms with Gasteiger partial charge in [-0.3, -0.25) is 0 Å². The first-order chi connectivity index (χ1) is 28.5. The monoisotopic (exact) mass is 743 g/mol.